The summed E-state index contributed by atoms with van der Waals surface area (Å²) in [4.78, 5) is 17.4. The zero-order valence-corrected chi connectivity index (χ0v) is 15.4. The summed E-state index contributed by atoms with van der Waals surface area (Å²) in [6.45, 7) is 10.8. The first-order chi connectivity index (χ1) is 10.7. The number of benzene rings is 1. The van der Waals surface area contributed by atoms with Crippen molar-refractivity contribution in [3.8, 4) is 0 Å². The van der Waals surface area contributed by atoms with Gasteiger partial charge in [0, 0.05) is 50.2 Å². The first-order valence-electron chi connectivity index (χ1n) is 8.49. The second-order valence-corrected chi connectivity index (χ2v) is 7.84. The fraction of sp³-hybridized carbons (Fsp3) is 0.550. The molecule has 0 fully saturated rings. The molecule has 0 atom stereocenters. The minimum absolute atomic E-state index is 0.0647. The number of nitrogens with zero attached hydrogens (tertiary/aromatic N) is 2. The summed E-state index contributed by atoms with van der Waals surface area (Å²) in [6, 6.07) is 7.90. The zero-order valence-electron chi connectivity index (χ0n) is 15.4. The maximum absolute atomic E-state index is 13.0. The van der Waals surface area contributed by atoms with Crippen molar-refractivity contribution >= 4 is 11.5 Å². The Labute approximate surface area is 141 Å². The Kier molecular flexibility index (Phi) is 5.18. The third kappa shape index (κ3) is 4.15. The highest BCUT2D eigenvalue weighted by molar-refractivity contribution is 6.09. The van der Waals surface area contributed by atoms with Crippen molar-refractivity contribution in [3.63, 3.8) is 0 Å². The van der Waals surface area contributed by atoms with E-state index < -0.39 is 0 Å². The molecular weight excluding hydrogens is 284 g/mol. The van der Waals surface area contributed by atoms with Crippen LogP contribution in [0.25, 0.3) is 0 Å². The average Bonchev–Trinajstić information content (AvgIpc) is 2.48. The van der Waals surface area contributed by atoms with Crippen molar-refractivity contribution in [2.75, 3.05) is 32.1 Å². The number of Topliss-reactive ketones (excluding diaryl/α,β-unsaturated/α-hetero) is 1. The van der Waals surface area contributed by atoms with Crippen LogP contribution in [0.5, 0.6) is 0 Å². The molecule has 0 saturated heterocycles. The van der Waals surface area contributed by atoms with Gasteiger partial charge in [-0.15, -0.1) is 0 Å². The molecule has 0 bridgehead atoms. The van der Waals surface area contributed by atoms with Gasteiger partial charge in [-0.25, -0.2) is 0 Å². The summed E-state index contributed by atoms with van der Waals surface area (Å²) in [7, 11) is 4.01. The third-order valence-corrected chi connectivity index (χ3v) is 4.55. The minimum atomic E-state index is -0.0647. The van der Waals surface area contributed by atoms with Crippen LogP contribution in [0, 0.1) is 11.3 Å². The van der Waals surface area contributed by atoms with Gasteiger partial charge in [-0.05, 0) is 42.0 Å². The van der Waals surface area contributed by atoms with E-state index in [1.807, 2.05) is 43.3 Å². The highest BCUT2D eigenvalue weighted by Gasteiger charge is 2.33. The highest BCUT2D eigenvalue weighted by Crippen LogP contribution is 2.36. The fourth-order valence-electron chi connectivity index (χ4n) is 3.03. The smallest absolute Gasteiger partial charge is 0.191 e. The molecule has 1 aromatic rings. The number of carbonyl (C=O) groups excluding carboxylic acids is 1. The van der Waals surface area contributed by atoms with Gasteiger partial charge in [0.2, 0.25) is 0 Å². The summed E-state index contributed by atoms with van der Waals surface area (Å²) in [5.74, 6) is 0.761. The Bertz CT molecular complexity index is 582. The molecule has 1 aliphatic heterocycles. The molecule has 0 amide bonds. The van der Waals surface area contributed by atoms with Gasteiger partial charge >= 0.3 is 0 Å². The lowest BCUT2D eigenvalue weighted by Crippen LogP contribution is -2.36. The van der Waals surface area contributed by atoms with Gasteiger partial charge in [0.05, 0.1) is 0 Å². The molecule has 1 aromatic carbocycles. The van der Waals surface area contributed by atoms with Crippen molar-refractivity contribution in [2.24, 2.45) is 11.3 Å². The van der Waals surface area contributed by atoms with Gasteiger partial charge in [-0.2, -0.15) is 0 Å². The normalized spacial score (nSPS) is 17.2. The Morgan fingerprint density at radius 1 is 1.22 bits per heavy atom. The number of ketones is 1. The van der Waals surface area contributed by atoms with Crippen molar-refractivity contribution in [1.29, 1.82) is 0 Å². The van der Waals surface area contributed by atoms with Gasteiger partial charge in [-0.3, -0.25) is 4.79 Å². The van der Waals surface area contributed by atoms with E-state index in [9.17, 15) is 4.79 Å². The van der Waals surface area contributed by atoms with Gasteiger partial charge < -0.3 is 9.80 Å². The lowest BCUT2D eigenvalue weighted by atomic mass is 9.76. The van der Waals surface area contributed by atoms with Crippen molar-refractivity contribution in [3.05, 3.63) is 41.6 Å². The van der Waals surface area contributed by atoms with Crippen LogP contribution in [0.4, 0.5) is 5.69 Å². The molecule has 1 aliphatic rings. The van der Waals surface area contributed by atoms with Crippen LogP contribution in [0.1, 0.15) is 44.5 Å². The lowest BCUT2D eigenvalue weighted by molar-refractivity contribution is 0.0986. The molecule has 3 nitrogen and oxygen atoms in total. The zero-order chi connectivity index (χ0) is 17.2. The van der Waals surface area contributed by atoms with E-state index >= 15 is 0 Å². The van der Waals surface area contributed by atoms with E-state index in [0.717, 1.165) is 36.3 Å². The van der Waals surface area contributed by atoms with E-state index in [2.05, 4.69) is 38.8 Å². The number of carbonyl (C=O) groups is 1. The Balaban J connectivity index is 2.28. The molecular formula is C20H30N2O. The monoisotopic (exact) mass is 314 g/mol. The number of anilines is 1. The molecule has 0 unspecified atom stereocenters. The maximum Gasteiger partial charge on any atom is 0.191 e. The van der Waals surface area contributed by atoms with Crippen molar-refractivity contribution < 1.29 is 4.79 Å². The molecule has 0 radical (unpaired) electrons. The second kappa shape index (κ2) is 6.77. The van der Waals surface area contributed by atoms with Crippen LogP contribution in [0.15, 0.2) is 36.0 Å². The summed E-state index contributed by atoms with van der Waals surface area (Å²) >= 11 is 0. The van der Waals surface area contributed by atoms with Crippen LogP contribution in [-0.4, -0.2) is 37.9 Å². The summed E-state index contributed by atoms with van der Waals surface area (Å²) in [5, 5.41) is 0. The van der Waals surface area contributed by atoms with E-state index in [4.69, 9.17) is 0 Å². The molecule has 3 heteroatoms. The van der Waals surface area contributed by atoms with Gasteiger partial charge in [0.25, 0.3) is 0 Å². The van der Waals surface area contributed by atoms with Crippen LogP contribution >= 0.6 is 0 Å². The molecule has 0 aromatic heterocycles. The maximum atomic E-state index is 13.0. The average molecular weight is 314 g/mol. The summed E-state index contributed by atoms with van der Waals surface area (Å²) < 4.78 is 0. The Hall–Kier alpha value is -1.77. The molecule has 1 heterocycles. The topological polar surface area (TPSA) is 23.6 Å². The molecule has 126 valence electrons. The Morgan fingerprint density at radius 2 is 1.83 bits per heavy atom. The van der Waals surface area contributed by atoms with Crippen molar-refractivity contribution in [2.45, 2.75) is 34.1 Å². The standard InChI is InChI=1S/C20H30N2O/c1-15(2)13-22-12-11-20(3,4)18(14-22)19(23)16-7-9-17(10-8-16)21(5)6/h7-10,14-15H,11-13H2,1-6H3. The number of hydrogen-bond acceptors (Lipinski definition) is 3. The van der Waals surface area contributed by atoms with Crippen LogP contribution in [-0.2, 0) is 0 Å². The molecule has 0 spiro atoms. The van der Waals surface area contributed by atoms with Crippen molar-refractivity contribution in [1.82, 2.24) is 4.90 Å². The third-order valence-electron chi connectivity index (χ3n) is 4.55. The first-order valence-corrected chi connectivity index (χ1v) is 8.49. The SMILES string of the molecule is CC(C)CN1C=C(C(=O)c2ccc(N(C)C)cc2)C(C)(C)CC1. The molecule has 0 N–H and O–H groups in total. The number of hydrogen-bond donors (Lipinski definition) is 0. The minimum Gasteiger partial charge on any atom is -0.378 e. The molecule has 0 saturated carbocycles. The predicted molar refractivity (Wildman–Crippen MR) is 98.0 cm³/mol. The predicted octanol–water partition coefficient (Wildman–Crippen LogP) is 4.21. The number of rotatable bonds is 5. The summed E-state index contributed by atoms with van der Waals surface area (Å²) in [5.41, 5.74) is 2.76. The van der Waals surface area contributed by atoms with Crippen LogP contribution < -0.4 is 4.90 Å². The fourth-order valence-corrected chi connectivity index (χ4v) is 3.03. The van der Waals surface area contributed by atoms with Crippen LogP contribution in [0.2, 0.25) is 0 Å². The quantitative estimate of drug-likeness (QED) is 0.761. The van der Waals surface area contributed by atoms with Gasteiger partial charge in [0.15, 0.2) is 5.78 Å². The highest BCUT2D eigenvalue weighted by atomic mass is 16.1. The Morgan fingerprint density at radius 3 is 2.35 bits per heavy atom. The van der Waals surface area contributed by atoms with Gasteiger partial charge in [0.1, 0.15) is 0 Å². The second-order valence-electron chi connectivity index (χ2n) is 7.84. The van der Waals surface area contributed by atoms with Crippen LogP contribution in [0.3, 0.4) is 0 Å². The number of allylic oxidation sites excluding steroid dienone is 1. The molecule has 0 aliphatic carbocycles. The van der Waals surface area contributed by atoms with E-state index in [-0.39, 0.29) is 11.2 Å². The van der Waals surface area contributed by atoms with Gasteiger partial charge in [-0.1, -0.05) is 27.7 Å². The van der Waals surface area contributed by atoms with E-state index in [1.54, 1.807) is 0 Å². The lowest BCUT2D eigenvalue weighted by Gasteiger charge is -2.37. The first kappa shape index (κ1) is 17.6. The largest absolute Gasteiger partial charge is 0.378 e. The molecule has 2 rings (SSSR count). The molecule has 23 heavy (non-hydrogen) atoms. The summed E-state index contributed by atoms with van der Waals surface area (Å²) in [6.07, 6.45) is 3.12. The van der Waals surface area contributed by atoms with E-state index in [1.165, 1.54) is 0 Å². The van der Waals surface area contributed by atoms with E-state index in [0.29, 0.717) is 5.92 Å².